The molecule has 0 spiro atoms. The van der Waals surface area contributed by atoms with Crippen molar-refractivity contribution in [2.45, 2.75) is 46.3 Å². The van der Waals surface area contributed by atoms with E-state index in [-0.39, 0.29) is 36.1 Å². The van der Waals surface area contributed by atoms with E-state index < -0.39 is 5.60 Å². The van der Waals surface area contributed by atoms with Gasteiger partial charge in [-0.1, -0.05) is 0 Å². The monoisotopic (exact) mass is 499 g/mol. The first kappa shape index (κ1) is 26.2. The van der Waals surface area contributed by atoms with E-state index in [1.807, 2.05) is 27.7 Å². The molecule has 9 heteroatoms. The van der Waals surface area contributed by atoms with Crippen LogP contribution in [0.15, 0.2) is 4.99 Å². The molecule has 1 aliphatic heterocycles. The minimum atomic E-state index is -0.446. The number of piperazine rings is 1. The van der Waals surface area contributed by atoms with Crippen LogP contribution in [0.2, 0.25) is 0 Å². The second kappa shape index (κ2) is 13.4. The average Bonchev–Trinajstić information content (AvgIpc) is 2.54. The lowest BCUT2D eigenvalue weighted by Crippen LogP contribution is -2.50. The molecule has 1 unspecified atom stereocenters. The van der Waals surface area contributed by atoms with E-state index in [0.717, 1.165) is 32.1 Å². The minimum absolute atomic E-state index is 0. The Morgan fingerprint density at radius 3 is 2.37 bits per heavy atom. The van der Waals surface area contributed by atoms with Gasteiger partial charge in [-0.05, 0) is 34.6 Å². The van der Waals surface area contributed by atoms with Crippen LogP contribution in [0.25, 0.3) is 0 Å². The molecule has 0 aromatic heterocycles. The summed E-state index contributed by atoms with van der Waals surface area (Å²) in [6.07, 6.45) is -0.221. The second-order valence-corrected chi connectivity index (χ2v) is 7.57. The zero-order valence-electron chi connectivity index (χ0n) is 17.7. The predicted molar refractivity (Wildman–Crippen MR) is 120 cm³/mol. The highest BCUT2D eigenvalue weighted by Gasteiger charge is 2.25. The molecule has 1 aliphatic rings. The normalized spacial score (nSPS) is 17.1. The van der Waals surface area contributed by atoms with Gasteiger partial charge in [-0.3, -0.25) is 9.89 Å². The third-order valence-electron chi connectivity index (χ3n) is 3.85. The van der Waals surface area contributed by atoms with Gasteiger partial charge in [-0.2, -0.15) is 0 Å². The standard InChI is InChI=1S/C18H37N5O3.HI/c1-7-19-16(21-15(2)14-25-6)20-8-9-22-10-12-23(13-11-22)17(24)26-18(3,4)5;/h15H,7-14H2,1-6H3,(H2,19,20,21);1H. The van der Waals surface area contributed by atoms with Gasteiger partial charge in [0.2, 0.25) is 0 Å². The van der Waals surface area contributed by atoms with Gasteiger partial charge in [-0.25, -0.2) is 4.79 Å². The van der Waals surface area contributed by atoms with Gasteiger partial charge in [0, 0.05) is 52.4 Å². The summed E-state index contributed by atoms with van der Waals surface area (Å²) in [5.74, 6) is 0.810. The van der Waals surface area contributed by atoms with Crippen LogP contribution < -0.4 is 10.6 Å². The van der Waals surface area contributed by atoms with E-state index in [0.29, 0.717) is 26.2 Å². The number of carbonyl (C=O) groups is 1. The largest absolute Gasteiger partial charge is 0.444 e. The van der Waals surface area contributed by atoms with Gasteiger partial charge in [0.1, 0.15) is 5.60 Å². The fourth-order valence-electron chi connectivity index (χ4n) is 2.63. The highest BCUT2D eigenvalue weighted by molar-refractivity contribution is 14.0. The molecule has 1 rings (SSSR count). The molecule has 0 aliphatic carbocycles. The molecule has 1 saturated heterocycles. The van der Waals surface area contributed by atoms with Crippen molar-refractivity contribution in [2.24, 2.45) is 4.99 Å². The van der Waals surface area contributed by atoms with Gasteiger partial charge in [0.05, 0.1) is 13.2 Å². The van der Waals surface area contributed by atoms with Crippen molar-refractivity contribution < 1.29 is 14.3 Å². The molecule has 0 bridgehead atoms. The highest BCUT2D eigenvalue weighted by Crippen LogP contribution is 2.11. The lowest BCUT2D eigenvalue weighted by atomic mass is 10.2. The van der Waals surface area contributed by atoms with Crippen LogP contribution in [-0.2, 0) is 9.47 Å². The lowest BCUT2D eigenvalue weighted by Gasteiger charge is -2.35. The Hall–Kier alpha value is -0.810. The smallest absolute Gasteiger partial charge is 0.410 e. The summed E-state index contributed by atoms with van der Waals surface area (Å²) in [6, 6.07) is 0.204. The number of nitrogens with one attached hydrogen (secondary N) is 2. The number of guanidine groups is 1. The summed E-state index contributed by atoms with van der Waals surface area (Å²) in [5, 5.41) is 6.57. The van der Waals surface area contributed by atoms with Crippen LogP contribution in [-0.4, -0.2) is 93.0 Å². The summed E-state index contributed by atoms with van der Waals surface area (Å²) < 4.78 is 10.6. The molecule has 0 aromatic carbocycles. The first-order chi connectivity index (χ1) is 12.2. The molecule has 160 valence electrons. The van der Waals surface area contributed by atoms with Crippen molar-refractivity contribution in [3.05, 3.63) is 0 Å². The Bertz CT molecular complexity index is 449. The number of hydrogen-bond acceptors (Lipinski definition) is 5. The second-order valence-electron chi connectivity index (χ2n) is 7.57. The number of carbonyl (C=O) groups excluding carboxylic acids is 1. The zero-order valence-corrected chi connectivity index (χ0v) is 20.0. The number of methoxy groups -OCH3 is 1. The Balaban J connectivity index is 0.00000676. The van der Waals surface area contributed by atoms with Gasteiger partial charge in [0.15, 0.2) is 5.96 Å². The molecule has 8 nitrogen and oxygen atoms in total. The summed E-state index contributed by atoms with van der Waals surface area (Å²) in [7, 11) is 1.69. The fourth-order valence-corrected chi connectivity index (χ4v) is 2.63. The molecule has 2 N–H and O–H groups in total. The molecular weight excluding hydrogens is 461 g/mol. The van der Waals surface area contributed by atoms with Crippen molar-refractivity contribution in [3.63, 3.8) is 0 Å². The minimum Gasteiger partial charge on any atom is -0.444 e. The molecule has 0 aromatic rings. The summed E-state index contributed by atoms with van der Waals surface area (Å²) >= 11 is 0. The number of hydrogen-bond donors (Lipinski definition) is 2. The number of ether oxygens (including phenoxy) is 2. The zero-order chi connectivity index (χ0) is 19.6. The van der Waals surface area contributed by atoms with E-state index in [1.165, 1.54) is 0 Å². The van der Waals surface area contributed by atoms with Gasteiger partial charge in [0.25, 0.3) is 0 Å². The van der Waals surface area contributed by atoms with Crippen molar-refractivity contribution in [2.75, 3.05) is 59.5 Å². The third kappa shape index (κ3) is 11.6. The number of halogens is 1. The topological polar surface area (TPSA) is 78.4 Å². The first-order valence-electron chi connectivity index (χ1n) is 9.49. The summed E-state index contributed by atoms with van der Waals surface area (Å²) in [6.45, 7) is 15.9. The van der Waals surface area contributed by atoms with Gasteiger partial charge >= 0.3 is 6.09 Å². The van der Waals surface area contributed by atoms with Crippen molar-refractivity contribution in [3.8, 4) is 0 Å². The summed E-state index contributed by atoms with van der Waals surface area (Å²) in [4.78, 5) is 20.8. The van der Waals surface area contributed by atoms with Gasteiger partial charge < -0.3 is 25.0 Å². The maximum atomic E-state index is 12.1. The number of nitrogens with zero attached hydrogens (tertiary/aromatic N) is 3. The highest BCUT2D eigenvalue weighted by atomic mass is 127. The predicted octanol–water partition coefficient (Wildman–Crippen LogP) is 1.75. The van der Waals surface area contributed by atoms with Crippen LogP contribution in [0.4, 0.5) is 4.79 Å². The number of amides is 1. The van der Waals surface area contributed by atoms with E-state index in [4.69, 9.17) is 9.47 Å². The van der Waals surface area contributed by atoms with Crippen LogP contribution in [0.1, 0.15) is 34.6 Å². The van der Waals surface area contributed by atoms with Gasteiger partial charge in [-0.15, -0.1) is 24.0 Å². The molecular formula is C18H38IN5O3. The quantitative estimate of drug-likeness (QED) is 0.316. The fraction of sp³-hybridized carbons (Fsp3) is 0.889. The Kier molecular flexibility index (Phi) is 13.0. The third-order valence-corrected chi connectivity index (χ3v) is 3.85. The van der Waals surface area contributed by atoms with E-state index in [2.05, 4.69) is 27.4 Å². The molecule has 1 amide bonds. The molecule has 1 atom stereocenters. The van der Waals surface area contributed by atoms with E-state index in [1.54, 1.807) is 12.0 Å². The Morgan fingerprint density at radius 2 is 1.85 bits per heavy atom. The van der Waals surface area contributed by atoms with Crippen molar-refractivity contribution in [1.29, 1.82) is 0 Å². The van der Waals surface area contributed by atoms with Crippen molar-refractivity contribution in [1.82, 2.24) is 20.4 Å². The van der Waals surface area contributed by atoms with Crippen LogP contribution in [0.5, 0.6) is 0 Å². The maximum absolute atomic E-state index is 12.1. The molecule has 0 saturated carbocycles. The Labute approximate surface area is 181 Å². The average molecular weight is 499 g/mol. The van der Waals surface area contributed by atoms with Crippen LogP contribution in [0, 0.1) is 0 Å². The van der Waals surface area contributed by atoms with E-state index in [9.17, 15) is 4.79 Å². The molecule has 27 heavy (non-hydrogen) atoms. The number of aliphatic imine (C=N–C) groups is 1. The summed E-state index contributed by atoms with van der Waals surface area (Å²) in [5.41, 5.74) is -0.446. The first-order valence-corrected chi connectivity index (χ1v) is 9.49. The van der Waals surface area contributed by atoms with Crippen LogP contribution in [0.3, 0.4) is 0 Å². The molecule has 1 heterocycles. The molecule has 1 fully saturated rings. The van der Waals surface area contributed by atoms with Crippen LogP contribution >= 0.6 is 24.0 Å². The Morgan fingerprint density at radius 1 is 1.22 bits per heavy atom. The SMILES string of the molecule is CCNC(=NCCN1CCN(C(=O)OC(C)(C)C)CC1)NC(C)COC.I. The lowest BCUT2D eigenvalue weighted by molar-refractivity contribution is 0.0148. The van der Waals surface area contributed by atoms with Crippen molar-refractivity contribution >= 4 is 36.0 Å². The maximum Gasteiger partial charge on any atom is 0.410 e. The molecule has 0 radical (unpaired) electrons. The van der Waals surface area contributed by atoms with E-state index >= 15 is 0 Å². The number of rotatable bonds is 7.